The molecule has 0 fully saturated rings. The monoisotopic (exact) mass is 293 g/mol. The number of pyridine rings is 1. The molecule has 1 aliphatic heterocycles. The van der Waals surface area contributed by atoms with Crippen LogP contribution in [-0.4, -0.2) is 11.6 Å². The summed E-state index contributed by atoms with van der Waals surface area (Å²) in [5.41, 5.74) is 6.06. The zero-order valence-electron chi connectivity index (χ0n) is 13.5. The maximum Gasteiger partial charge on any atom is 0.155 e. The molecule has 3 rings (SSSR count). The van der Waals surface area contributed by atoms with Crippen LogP contribution in [0.5, 0.6) is 0 Å². The van der Waals surface area contributed by atoms with Crippen molar-refractivity contribution in [1.82, 2.24) is 4.57 Å². The molecule has 22 heavy (non-hydrogen) atoms. The van der Waals surface area contributed by atoms with Crippen molar-refractivity contribution in [2.24, 2.45) is 4.99 Å². The molecule has 0 saturated heterocycles. The van der Waals surface area contributed by atoms with E-state index < -0.39 is 0 Å². The molecule has 3 heteroatoms. The number of allylic oxidation sites excluding steroid dienone is 2. The summed E-state index contributed by atoms with van der Waals surface area (Å²) in [6.45, 7) is 4.17. The fraction of sp³-hybridized carbons (Fsp3) is 0.316. The first-order valence-electron chi connectivity index (χ1n) is 7.86. The van der Waals surface area contributed by atoms with Gasteiger partial charge < -0.3 is 9.88 Å². The quantitative estimate of drug-likeness (QED) is 0.891. The number of anilines is 1. The van der Waals surface area contributed by atoms with Crippen LogP contribution >= 0.6 is 0 Å². The molecule has 2 aromatic rings. The highest BCUT2D eigenvalue weighted by atomic mass is 15.1. The lowest BCUT2D eigenvalue weighted by atomic mass is 9.94. The van der Waals surface area contributed by atoms with Crippen molar-refractivity contribution in [2.45, 2.75) is 32.7 Å². The highest BCUT2D eigenvalue weighted by Crippen LogP contribution is 2.30. The zero-order valence-corrected chi connectivity index (χ0v) is 13.5. The number of rotatable bonds is 2. The van der Waals surface area contributed by atoms with Gasteiger partial charge in [0.15, 0.2) is 5.49 Å². The van der Waals surface area contributed by atoms with Gasteiger partial charge in [-0.3, -0.25) is 4.99 Å². The van der Waals surface area contributed by atoms with E-state index in [0.717, 1.165) is 18.3 Å². The second-order valence-corrected chi connectivity index (χ2v) is 5.71. The summed E-state index contributed by atoms with van der Waals surface area (Å²) in [4.78, 5) is 4.54. The van der Waals surface area contributed by atoms with E-state index in [2.05, 4.69) is 77.4 Å². The topological polar surface area (TPSA) is 29.3 Å². The first-order chi connectivity index (χ1) is 10.7. The van der Waals surface area contributed by atoms with Gasteiger partial charge in [-0.1, -0.05) is 36.4 Å². The molecule has 114 valence electrons. The molecule has 0 saturated carbocycles. The first kappa shape index (κ1) is 14.6. The molecular formula is C19H23N3. The van der Waals surface area contributed by atoms with Crippen molar-refractivity contribution >= 4 is 11.4 Å². The summed E-state index contributed by atoms with van der Waals surface area (Å²) in [7, 11) is 1.86. The Hall–Kier alpha value is -2.29. The average Bonchev–Trinajstić information content (AvgIpc) is 2.60. The Bertz CT molecular complexity index is 754. The van der Waals surface area contributed by atoms with Crippen LogP contribution in [-0.2, 0) is 6.42 Å². The molecule has 0 amide bonds. The smallest absolute Gasteiger partial charge is 0.155 e. The summed E-state index contributed by atoms with van der Waals surface area (Å²) in [5.74, 6) is 0. The maximum absolute atomic E-state index is 4.54. The van der Waals surface area contributed by atoms with Gasteiger partial charge in [0.2, 0.25) is 0 Å². The van der Waals surface area contributed by atoms with E-state index in [1.165, 1.54) is 22.5 Å². The number of hydrogen-bond acceptors (Lipinski definition) is 2. The molecule has 1 aromatic heterocycles. The maximum atomic E-state index is 4.54. The Kier molecular flexibility index (Phi) is 4.14. The fourth-order valence-electron chi connectivity index (χ4n) is 3.07. The Morgan fingerprint density at radius 3 is 2.73 bits per heavy atom. The summed E-state index contributed by atoms with van der Waals surface area (Å²) >= 11 is 0. The van der Waals surface area contributed by atoms with Crippen LogP contribution in [0.2, 0.25) is 0 Å². The molecule has 0 radical (unpaired) electrons. The Labute approximate surface area is 132 Å². The third-order valence-corrected chi connectivity index (χ3v) is 4.43. The van der Waals surface area contributed by atoms with Crippen LogP contribution in [0.15, 0.2) is 53.7 Å². The van der Waals surface area contributed by atoms with Crippen LogP contribution in [0.1, 0.15) is 37.4 Å². The van der Waals surface area contributed by atoms with E-state index in [-0.39, 0.29) is 0 Å². The SMILES string of the molecule is C/C=C(\C)n1ccc2c(c1=NC)N[C@H](c1ccccc1)CC2. The van der Waals surface area contributed by atoms with Gasteiger partial charge in [0.25, 0.3) is 0 Å². The predicted molar refractivity (Wildman–Crippen MR) is 92.7 cm³/mol. The van der Waals surface area contributed by atoms with Gasteiger partial charge in [0.05, 0.1) is 11.7 Å². The van der Waals surface area contributed by atoms with E-state index in [0.29, 0.717) is 6.04 Å². The van der Waals surface area contributed by atoms with E-state index in [4.69, 9.17) is 0 Å². The van der Waals surface area contributed by atoms with Crippen molar-refractivity contribution in [2.75, 3.05) is 12.4 Å². The molecule has 2 heterocycles. The van der Waals surface area contributed by atoms with Crippen molar-refractivity contribution < 1.29 is 0 Å². The molecule has 0 unspecified atom stereocenters. The van der Waals surface area contributed by atoms with Crippen molar-refractivity contribution in [3.8, 4) is 0 Å². The third kappa shape index (κ3) is 2.59. The van der Waals surface area contributed by atoms with E-state index in [1.54, 1.807) is 0 Å². The van der Waals surface area contributed by atoms with Crippen LogP contribution in [0.4, 0.5) is 5.69 Å². The molecule has 1 atom stereocenters. The molecule has 0 spiro atoms. The van der Waals surface area contributed by atoms with Gasteiger partial charge in [-0.2, -0.15) is 0 Å². The van der Waals surface area contributed by atoms with Crippen LogP contribution < -0.4 is 10.8 Å². The van der Waals surface area contributed by atoms with Gasteiger partial charge in [0, 0.05) is 18.9 Å². The number of nitrogens with one attached hydrogen (secondary N) is 1. The highest BCUT2D eigenvalue weighted by Gasteiger charge is 2.21. The lowest BCUT2D eigenvalue weighted by Crippen LogP contribution is -2.29. The Balaban J connectivity index is 2.06. The second-order valence-electron chi connectivity index (χ2n) is 5.71. The van der Waals surface area contributed by atoms with Gasteiger partial charge >= 0.3 is 0 Å². The van der Waals surface area contributed by atoms with Crippen molar-refractivity contribution in [1.29, 1.82) is 0 Å². The van der Waals surface area contributed by atoms with Gasteiger partial charge in [0.1, 0.15) is 0 Å². The standard InChI is InChI=1S/C19H23N3/c1-4-14(2)22-13-12-16-10-11-17(15-8-6-5-7-9-15)21-18(16)19(22)20-3/h4-9,12-13,17,21H,10-11H2,1-3H3/b14-4+,20-19?/t17-/m0/s1. The molecule has 0 bridgehead atoms. The first-order valence-corrected chi connectivity index (χ1v) is 7.86. The van der Waals surface area contributed by atoms with Crippen molar-refractivity contribution in [3.63, 3.8) is 0 Å². The third-order valence-electron chi connectivity index (χ3n) is 4.43. The van der Waals surface area contributed by atoms with Gasteiger partial charge in [-0.15, -0.1) is 0 Å². The lowest BCUT2D eigenvalue weighted by Gasteiger charge is -2.28. The largest absolute Gasteiger partial charge is 0.375 e. The van der Waals surface area contributed by atoms with Crippen LogP contribution in [0.25, 0.3) is 5.70 Å². The summed E-state index contributed by atoms with van der Waals surface area (Å²) in [6, 6.07) is 13.2. The molecular weight excluding hydrogens is 270 g/mol. The summed E-state index contributed by atoms with van der Waals surface area (Å²) in [6.07, 6.45) is 6.44. The van der Waals surface area contributed by atoms with Crippen molar-refractivity contribution in [3.05, 3.63) is 65.3 Å². The minimum Gasteiger partial charge on any atom is -0.375 e. The highest BCUT2D eigenvalue weighted by molar-refractivity contribution is 5.56. The fourth-order valence-corrected chi connectivity index (χ4v) is 3.07. The average molecular weight is 293 g/mol. The molecule has 1 aliphatic rings. The summed E-state index contributed by atoms with van der Waals surface area (Å²) in [5, 5.41) is 3.71. The minimum atomic E-state index is 0.357. The molecule has 1 N–H and O–H groups in total. The van der Waals surface area contributed by atoms with Gasteiger partial charge in [-0.25, -0.2) is 0 Å². The number of fused-ring (bicyclic) bond motifs is 1. The zero-order chi connectivity index (χ0) is 15.5. The molecule has 3 nitrogen and oxygen atoms in total. The number of hydrogen-bond donors (Lipinski definition) is 1. The predicted octanol–water partition coefficient (Wildman–Crippen LogP) is 4.00. The van der Waals surface area contributed by atoms with E-state index in [1.807, 2.05) is 7.05 Å². The Morgan fingerprint density at radius 1 is 1.27 bits per heavy atom. The van der Waals surface area contributed by atoms with Crippen LogP contribution in [0, 0.1) is 0 Å². The lowest BCUT2D eigenvalue weighted by molar-refractivity contribution is 0.660. The van der Waals surface area contributed by atoms with Crippen LogP contribution in [0.3, 0.4) is 0 Å². The number of aryl methyl sites for hydroxylation is 1. The second kappa shape index (κ2) is 6.22. The summed E-state index contributed by atoms with van der Waals surface area (Å²) < 4.78 is 2.15. The Morgan fingerprint density at radius 2 is 2.05 bits per heavy atom. The molecule has 0 aliphatic carbocycles. The number of benzene rings is 1. The van der Waals surface area contributed by atoms with E-state index >= 15 is 0 Å². The van der Waals surface area contributed by atoms with Gasteiger partial charge in [-0.05, 0) is 43.9 Å². The number of nitrogens with zero attached hydrogens (tertiary/aromatic N) is 2. The van der Waals surface area contributed by atoms with E-state index in [9.17, 15) is 0 Å². The minimum absolute atomic E-state index is 0.357. The number of aromatic nitrogens is 1. The normalized spacial score (nSPS) is 18.8. The molecule has 1 aromatic carbocycles.